The van der Waals surface area contributed by atoms with Crippen molar-refractivity contribution in [2.45, 2.75) is 251 Å². The fourth-order valence-electron chi connectivity index (χ4n) is 7.43. The van der Waals surface area contributed by atoms with E-state index in [1.54, 1.807) is 6.08 Å². The van der Waals surface area contributed by atoms with Crippen LogP contribution >= 0.6 is 7.82 Å². The summed E-state index contributed by atoms with van der Waals surface area (Å²) in [6.07, 6.45) is 57.6. The highest BCUT2D eigenvalue weighted by Crippen LogP contribution is 2.43. The first-order valence-corrected chi connectivity index (χ1v) is 29.3. The lowest BCUT2D eigenvalue weighted by molar-refractivity contribution is -0.160. The summed E-state index contributed by atoms with van der Waals surface area (Å²) in [5.41, 5.74) is 0. The maximum absolute atomic E-state index is 12.9. The Morgan fingerprint density at radius 3 is 1.24 bits per heavy atom. The molecule has 0 rings (SSSR count). The van der Waals surface area contributed by atoms with Crippen molar-refractivity contribution < 1.29 is 52.2 Å². The van der Waals surface area contributed by atoms with Gasteiger partial charge < -0.3 is 24.2 Å². The number of rotatable bonds is 51. The normalized spacial score (nSPS) is 14.0. The zero-order valence-electron chi connectivity index (χ0n) is 44.5. The zero-order chi connectivity index (χ0) is 51.3. The minimum atomic E-state index is -4.77. The van der Waals surface area contributed by atoms with Gasteiger partial charge in [0.05, 0.1) is 26.2 Å². The minimum Gasteiger partial charge on any atom is -0.462 e. The molecule has 0 fully saturated rings. The Labute approximate surface area is 427 Å². The van der Waals surface area contributed by atoms with Crippen molar-refractivity contribution in [3.8, 4) is 0 Å². The molecule has 11 nitrogen and oxygen atoms in total. The summed E-state index contributed by atoms with van der Waals surface area (Å²) < 4.78 is 39.3. The second kappa shape index (κ2) is 52.2. The second-order valence-electron chi connectivity index (χ2n) is 18.4. The highest BCUT2D eigenvalue weighted by Gasteiger charge is 2.28. The predicted octanol–water partition coefficient (Wildman–Crippen LogP) is 16.1. The average Bonchev–Trinajstić information content (AvgIpc) is 3.35. The molecule has 0 heterocycles. The summed E-state index contributed by atoms with van der Waals surface area (Å²) in [7, 11) is -4.77. The monoisotopic (exact) mass is 1000 g/mol. The van der Waals surface area contributed by atoms with E-state index in [1.807, 2.05) is 12.2 Å². The van der Waals surface area contributed by atoms with Crippen molar-refractivity contribution in [3.63, 3.8) is 0 Å². The number of esters is 3. The van der Waals surface area contributed by atoms with Gasteiger partial charge in [-0.3, -0.25) is 23.4 Å². The SMILES string of the molecule is CC/C=C\C/C=C\C/C=C\C/C=C\C/C=C\CC(=O)OC(COC(=O)CCCCCCCCC/C=C\CCCCCCCC)COP(=O)(O)OCC(CO)OC(=O)CCCCCCCCCCCCC. The fraction of sp³-hybridized carbons (Fsp3) is 0.741. The van der Waals surface area contributed by atoms with Crippen LogP contribution in [0.4, 0.5) is 0 Å². The predicted molar refractivity (Wildman–Crippen MR) is 288 cm³/mol. The van der Waals surface area contributed by atoms with Gasteiger partial charge in [0.15, 0.2) is 6.10 Å². The molecular weight excluding hydrogens is 904 g/mol. The van der Waals surface area contributed by atoms with E-state index in [1.165, 1.54) is 109 Å². The summed E-state index contributed by atoms with van der Waals surface area (Å²) in [6, 6.07) is 0. The van der Waals surface area contributed by atoms with Gasteiger partial charge in [-0.05, 0) is 70.6 Å². The van der Waals surface area contributed by atoms with Gasteiger partial charge in [0.25, 0.3) is 0 Å². The largest absolute Gasteiger partial charge is 0.472 e. The summed E-state index contributed by atoms with van der Waals surface area (Å²) >= 11 is 0. The smallest absolute Gasteiger partial charge is 0.462 e. The number of ether oxygens (including phenoxy) is 3. The summed E-state index contributed by atoms with van der Waals surface area (Å²) in [5, 5.41) is 9.78. The molecular formula is C58H101O11P. The van der Waals surface area contributed by atoms with Crippen LogP contribution in [-0.4, -0.2) is 66.5 Å². The van der Waals surface area contributed by atoms with Crippen molar-refractivity contribution in [1.29, 1.82) is 0 Å². The molecule has 12 heteroatoms. The number of phosphoric acid groups is 1. The van der Waals surface area contributed by atoms with Crippen molar-refractivity contribution in [2.75, 3.05) is 26.4 Å². The van der Waals surface area contributed by atoms with Crippen LogP contribution in [0.3, 0.4) is 0 Å². The first-order chi connectivity index (χ1) is 34.2. The van der Waals surface area contributed by atoms with E-state index in [9.17, 15) is 28.9 Å². The number of carbonyl (C=O) groups excluding carboxylic acids is 3. The van der Waals surface area contributed by atoms with Gasteiger partial charge in [-0.25, -0.2) is 4.57 Å². The van der Waals surface area contributed by atoms with Crippen molar-refractivity contribution in [2.24, 2.45) is 0 Å². The van der Waals surface area contributed by atoms with Gasteiger partial charge in [0, 0.05) is 12.8 Å². The standard InChI is InChI=1S/C58H101O11P/c1-4-7-10-13-16-19-22-24-26-27-29-30-33-35-38-41-44-47-56(60)65-51-55(69-58(62)49-46-43-40-37-34-31-28-25-23-20-17-14-11-8-5-2)53-67-70(63,64)66-52-54(50-59)68-57(61)48-45-42-39-36-32-21-18-15-12-9-6-3/h8,11,17,20,24-26,28,34,37,43,46,54-55,59H,4-7,9-10,12-16,18-19,21-23,27,29-33,35-36,38-42,44-45,47-53H2,1-3H3,(H,63,64)/b11-8-,20-17-,26-24-,28-25-,37-34-,46-43-. The van der Waals surface area contributed by atoms with Crippen LogP contribution in [0.2, 0.25) is 0 Å². The third kappa shape index (κ3) is 49.9. The van der Waals surface area contributed by atoms with E-state index < -0.39 is 57.8 Å². The molecule has 0 bridgehead atoms. The van der Waals surface area contributed by atoms with Crippen molar-refractivity contribution >= 4 is 25.7 Å². The van der Waals surface area contributed by atoms with Crippen LogP contribution in [0, 0.1) is 0 Å². The van der Waals surface area contributed by atoms with E-state index in [-0.39, 0.29) is 25.9 Å². The number of aliphatic hydroxyl groups is 1. The number of carbonyl (C=O) groups is 3. The number of phosphoric ester groups is 1. The molecule has 0 aromatic heterocycles. The zero-order valence-corrected chi connectivity index (χ0v) is 45.4. The fourth-order valence-corrected chi connectivity index (χ4v) is 8.21. The van der Waals surface area contributed by atoms with Gasteiger partial charge in [-0.1, -0.05) is 222 Å². The molecule has 0 aromatic carbocycles. The first-order valence-electron chi connectivity index (χ1n) is 27.8. The van der Waals surface area contributed by atoms with Crippen LogP contribution in [0.1, 0.15) is 239 Å². The summed E-state index contributed by atoms with van der Waals surface area (Å²) in [5.74, 6) is -1.62. The van der Waals surface area contributed by atoms with E-state index >= 15 is 0 Å². The molecule has 0 saturated carbocycles. The molecule has 0 amide bonds. The number of hydrogen-bond donors (Lipinski definition) is 2. The molecule has 0 saturated heterocycles. The molecule has 3 atom stereocenters. The van der Waals surface area contributed by atoms with E-state index in [0.29, 0.717) is 19.3 Å². The summed E-state index contributed by atoms with van der Waals surface area (Å²) in [6.45, 7) is 4.41. The Hall–Kier alpha value is -3.08. The van der Waals surface area contributed by atoms with E-state index in [4.69, 9.17) is 23.3 Å². The lowest BCUT2D eigenvalue weighted by atomic mass is 10.1. The molecule has 3 unspecified atom stereocenters. The second-order valence-corrected chi connectivity index (χ2v) is 19.8. The Balaban J connectivity index is 4.83. The first kappa shape index (κ1) is 66.9. The quantitative estimate of drug-likeness (QED) is 0.0197. The Bertz CT molecular complexity index is 1450. The van der Waals surface area contributed by atoms with Crippen LogP contribution in [0.5, 0.6) is 0 Å². The van der Waals surface area contributed by atoms with Crippen LogP contribution in [0.15, 0.2) is 72.9 Å². The number of aliphatic hydroxyl groups excluding tert-OH is 1. The minimum absolute atomic E-state index is 0.0655. The Kier molecular flexibility index (Phi) is 50.0. The maximum Gasteiger partial charge on any atom is 0.472 e. The summed E-state index contributed by atoms with van der Waals surface area (Å²) in [4.78, 5) is 48.3. The number of hydrogen-bond acceptors (Lipinski definition) is 10. The number of unbranched alkanes of at least 4 members (excludes halogenated alkanes) is 23. The van der Waals surface area contributed by atoms with Gasteiger partial charge in [0.1, 0.15) is 12.7 Å². The molecule has 0 aliphatic carbocycles. The third-order valence-corrected chi connectivity index (χ3v) is 12.6. The van der Waals surface area contributed by atoms with Crippen molar-refractivity contribution in [1.82, 2.24) is 0 Å². The third-order valence-electron chi connectivity index (χ3n) is 11.6. The van der Waals surface area contributed by atoms with Crippen LogP contribution in [-0.2, 0) is 42.2 Å². The maximum atomic E-state index is 12.9. The van der Waals surface area contributed by atoms with Gasteiger partial charge in [-0.15, -0.1) is 0 Å². The topological polar surface area (TPSA) is 155 Å². The van der Waals surface area contributed by atoms with Gasteiger partial charge in [-0.2, -0.15) is 0 Å². The highest BCUT2D eigenvalue weighted by molar-refractivity contribution is 7.47. The molecule has 2 N–H and O–H groups in total. The molecule has 0 aromatic rings. The lowest BCUT2D eigenvalue weighted by Crippen LogP contribution is -2.30. The van der Waals surface area contributed by atoms with Gasteiger partial charge >= 0.3 is 25.7 Å². The van der Waals surface area contributed by atoms with E-state index in [2.05, 4.69) is 75.5 Å². The number of allylic oxidation sites excluding steroid dienone is 11. The van der Waals surface area contributed by atoms with Crippen LogP contribution in [0.25, 0.3) is 0 Å². The molecule has 404 valence electrons. The average molecular weight is 1010 g/mol. The Morgan fingerprint density at radius 2 is 0.800 bits per heavy atom. The molecule has 0 radical (unpaired) electrons. The van der Waals surface area contributed by atoms with Crippen molar-refractivity contribution in [3.05, 3.63) is 72.9 Å². The van der Waals surface area contributed by atoms with Gasteiger partial charge in [0.2, 0.25) is 0 Å². The lowest BCUT2D eigenvalue weighted by Gasteiger charge is -2.21. The molecule has 0 spiro atoms. The molecule has 70 heavy (non-hydrogen) atoms. The van der Waals surface area contributed by atoms with Crippen LogP contribution < -0.4 is 0 Å². The molecule has 0 aliphatic rings. The van der Waals surface area contributed by atoms with E-state index in [0.717, 1.165) is 70.6 Å². The highest BCUT2D eigenvalue weighted by atomic mass is 31.2. The Morgan fingerprint density at radius 1 is 0.429 bits per heavy atom. The molecule has 0 aliphatic heterocycles.